The van der Waals surface area contributed by atoms with Crippen LogP contribution >= 0.6 is 0 Å². The maximum atomic E-state index is 12.9. The average Bonchev–Trinajstić information content (AvgIpc) is 3.49. The quantitative estimate of drug-likeness (QED) is 0.0261. The van der Waals surface area contributed by atoms with Gasteiger partial charge in [0.1, 0.15) is 13.2 Å². The lowest BCUT2D eigenvalue weighted by molar-refractivity contribution is -0.167. The van der Waals surface area contributed by atoms with Crippen molar-refractivity contribution in [3.63, 3.8) is 0 Å². The van der Waals surface area contributed by atoms with E-state index >= 15 is 0 Å². The van der Waals surface area contributed by atoms with Gasteiger partial charge in [0.25, 0.3) is 0 Å². The van der Waals surface area contributed by atoms with Crippen LogP contribution in [0.25, 0.3) is 0 Å². The van der Waals surface area contributed by atoms with Crippen LogP contribution < -0.4 is 0 Å². The van der Waals surface area contributed by atoms with Gasteiger partial charge >= 0.3 is 17.9 Å². The Morgan fingerprint density at radius 1 is 0.253 bits per heavy atom. The molecular weight excluding hydrogens is 1020 g/mol. The van der Waals surface area contributed by atoms with Gasteiger partial charge in [-0.3, -0.25) is 14.4 Å². The van der Waals surface area contributed by atoms with Crippen molar-refractivity contribution in [2.75, 3.05) is 13.2 Å². The molecule has 0 amide bonds. The number of carbonyl (C=O) groups is 3. The molecule has 0 aliphatic carbocycles. The number of carbonyl (C=O) groups excluding carboxylic acids is 3. The summed E-state index contributed by atoms with van der Waals surface area (Å²) in [5.74, 6) is -0.912. The second kappa shape index (κ2) is 70.3. The van der Waals surface area contributed by atoms with E-state index < -0.39 is 6.10 Å². The monoisotopic (exact) mass is 1150 g/mol. The Morgan fingerprint density at radius 2 is 0.470 bits per heavy atom. The predicted octanol–water partition coefficient (Wildman–Crippen LogP) is 24.3. The molecule has 0 aromatic heterocycles. The zero-order valence-electron chi connectivity index (χ0n) is 54.4. The molecule has 1 unspecified atom stereocenters. The third kappa shape index (κ3) is 68.5. The standard InChI is InChI=1S/C77H130O6/c1-4-7-10-13-16-19-22-25-27-29-30-31-32-33-34-35-36-37-38-39-40-41-42-43-44-45-46-48-49-52-55-58-61-64-67-70-76(79)82-73-74(72-81-75(78)69-66-63-60-57-54-51-24-21-18-15-12-9-6-3)83-77(80)71-68-65-62-59-56-53-50-47-28-26-23-20-17-14-11-8-5-2/h7,9-10,12,16,18-19,21,25-28,30-31,33-34,36-37,51,54,74H,4-6,8,11,13-15,17,20,22-24,29,32,35,38-50,52-53,55-73H2,1-3H3/b10-7-,12-9-,19-16-,21-18-,27-25-,28-26-,31-30-,34-33-,37-36-,54-51-. The summed E-state index contributed by atoms with van der Waals surface area (Å²) >= 11 is 0. The fourth-order valence-electron chi connectivity index (χ4n) is 9.75. The summed E-state index contributed by atoms with van der Waals surface area (Å²) in [5.41, 5.74) is 0. The van der Waals surface area contributed by atoms with Gasteiger partial charge in [-0.1, -0.05) is 303 Å². The van der Waals surface area contributed by atoms with E-state index in [-0.39, 0.29) is 31.1 Å². The van der Waals surface area contributed by atoms with Crippen LogP contribution in [0.3, 0.4) is 0 Å². The lowest BCUT2D eigenvalue weighted by atomic mass is 10.0. The van der Waals surface area contributed by atoms with Gasteiger partial charge in [0.05, 0.1) is 0 Å². The molecule has 0 aliphatic heterocycles. The lowest BCUT2D eigenvalue weighted by Crippen LogP contribution is -2.30. The van der Waals surface area contributed by atoms with Crippen molar-refractivity contribution in [1.82, 2.24) is 0 Å². The molecule has 0 radical (unpaired) electrons. The van der Waals surface area contributed by atoms with Crippen LogP contribution in [0.5, 0.6) is 0 Å². The molecule has 83 heavy (non-hydrogen) atoms. The number of rotatable bonds is 63. The summed E-state index contributed by atoms with van der Waals surface area (Å²) in [6.45, 7) is 6.40. The van der Waals surface area contributed by atoms with Gasteiger partial charge < -0.3 is 14.2 Å². The van der Waals surface area contributed by atoms with Gasteiger partial charge in [-0.05, 0) is 128 Å². The van der Waals surface area contributed by atoms with Gasteiger partial charge in [-0.2, -0.15) is 0 Å². The topological polar surface area (TPSA) is 78.9 Å². The molecule has 0 aromatic carbocycles. The predicted molar refractivity (Wildman–Crippen MR) is 362 cm³/mol. The molecule has 0 saturated carbocycles. The first kappa shape index (κ1) is 78.8. The van der Waals surface area contributed by atoms with Crippen LogP contribution in [0, 0.1) is 0 Å². The van der Waals surface area contributed by atoms with Crippen molar-refractivity contribution in [1.29, 1.82) is 0 Å². The summed E-state index contributed by atoms with van der Waals surface area (Å²) in [4.78, 5) is 38.3. The molecule has 1 atom stereocenters. The molecule has 474 valence electrons. The molecule has 0 fully saturated rings. The van der Waals surface area contributed by atoms with E-state index in [0.29, 0.717) is 19.3 Å². The highest BCUT2D eigenvalue weighted by Gasteiger charge is 2.19. The Hall–Kier alpha value is -4.19. The average molecular weight is 1150 g/mol. The fraction of sp³-hybridized carbons (Fsp3) is 0.701. The number of allylic oxidation sites excluding steroid dienone is 20. The van der Waals surface area contributed by atoms with Gasteiger partial charge in [0, 0.05) is 19.3 Å². The maximum Gasteiger partial charge on any atom is 0.306 e. The molecule has 0 rings (SSSR count). The Morgan fingerprint density at radius 3 is 0.759 bits per heavy atom. The molecule has 0 saturated heterocycles. The van der Waals surface area contributed by atoms with Gasteiger partial charge in [0.15, 0.2) is 6.10 Å². The minimum absolute atomic E-state index is 0.0879. The molecule has 0 aliphatic rings. The van der Waals surface area contributed by atoms with E-state index in [0.717, 1.165) is 122 Å². The summed E-state index contributed by atoms with van der Waals surface area (Å²) in [6, 6.07) is 0. The van der Waals surface area contributed by atoms with Crippen LogP contribution in [0.15, 0.2) is 122 Å². The third-order valence-corrected chi connectivity index (χ3v) is 14.9. The first-order chi connectivity index (χ1) is 41.0. The van der Waals surface area contributed by atoms with E-state index in [1.807, 2.05) is 0 Å². The zero-order chi connectivity index (χ0) is 59.9. The summed E-state index contributed by atoms with van der Waals surface area (Å²) in [6.07, 6.45) is 98.1. The van der Waals surface area contributed by atoms with Crippen LogP contribution in [0.2, 0.25) is 0 Å². The number of hydrogen-bond acceptors (Lipinski definition) is 6. The normalized spacial score (nSPS) is 12.9. The van der Waals surface area contributed by atoms with Crippen LogP contribution in [0.1, 0.15) is 329 Å². The Bertz CT molecular complexity index is 1700. The van der Waals surface area contributed by atoms with Crippen molar-refractivity contribution in [2.24, 2.45) is 0 Å². The van der Waals surface area contributed by atoms with E-state index in [9.17, 15) is 14.4 Å². The smallest absolute Gasteiger partial charge is 0.306 e. The van der Waals surface area contributed by atoms with Crippen molar-refractivity contribution in [2.45, 2.75) is 335 Å². The number of ether oxygens (including phenoxy) is 3. The molecular formula is C77H130O6. The highest BCUT2D eigenvalue weighted by molar-refractivity contribution is 5.71. The number of hydrogen-bond donors (Lipinski definition) is 0. The Balaban J connectivity index is 4.18. The van der Waals surface area contributed by atoms with Crippen molar-refractivity contribution in [3.05, 3.63) is 122 Å². The molecule has 6 nitrogen and oxygen atoms in total. The van der Waals surface area contributed by atoms with Crippen LogP contribution in [-0.4, -0.2) is 37.2 Å². The summed E-state index contributed by atoms with van der Waals surface area (Å²) in [5, 5.41) is 0. The highest BCUT2D eigenvalue weighted by Crippen LogP contribution is 2.17. The molecule has 0 heterocycles. The molecule has 0 spiro atoms. The maximum absolute atomic E-state index is 12.9. The summed E-state index contributed by atoms with van der Waals surface area (Å²) in [7, 11) is 0. The second-order valence-electron chi connectivity index (χ2n) is 23.0. The van der Waals surface area contributed by atoms with Gasteiger partial charge in [-0.15, -0.1) is 0 Å². The Labute approximate surface area is 513 Å². The second-order valence-corrected chi connectivity index (χ2v) is 23.0. The molecule has 0 bridgehead atoms. The van der Waals surface area contributed by atoms with Crippen molar-refractivity contribution < 1.29 is 28.6 Å². The van der Waals surface area contributed by atoms with Gasteiger partial charge in [0.2, 0.25) is 0 Å². The van der Waals surface area contributed by atoms with Crippen molar-refractivity contribution in [3.8, 4) is 0 Å². The molecule has 0 aromatic rings. The largest absolute Gasteiger partial charge is 0.462 e. The third-order valence-electron chi connectivity index (χ3n) is 14.9. The minimum atomic E-state index is -0.794. The van der Waals surface area contributed by atoms with Gasteiger partial charge in [-0.25, -0.2) is 0 Å². The van der Waals surface area contributed by atoms with E-state index in [1.54, 1.807) is 0 Å². The van der Waals surface area contributed by atoms with Crippen molar-refractivity contribution >= 4 is 17.9 Å². The van der Waals surface area contributed by atoms with Crippen LogP contribution in [0.4, 0.5) is 0 Å². The Kier molecular flexibility index (Phi) is 66.7. The van der Waals surface area contributed by atoms with Crippen LogP contribution in [-0.2, 0) is 28.6 Å². The minimum Gasteiger partial charge on any atom is -0.462 e. The SMILES string of the molecule is CC/C=C\C/C=C\C/C=C\C/C=C\C/C=C\C/C=C\CCCCCCCCCCCCCCCCCCC(=O)OCC(COC(=O)CCCCC/C=C\C/C=C\C/C=C\CC)OC(=O)CCCCCCCCC/C=C\CCCCCCCC. The fourth-order valence-corrected chi connectivity index (χ4v) is 9.75. The van der Waals surface area contributed by atoms with E-state index in [2.05, 4.69) is 142 Å². The van der Waals surface area contributed by atoms with E-state index in [4.69, 9.17) is 14.2 Å². The number of unbranched alkanes of at least 4 members (excludes halogenated alkanes) is 32. The first-order valence-electron chi connectivity index (χ1n) is 35.0. The molecule has 0 N–H and O–H groups in total. The first-order valence-corrected chi connectivity index (χ1v) is 35.0. The van der Waals surface area contributed by atoms with E-state index in [1.165, 1.54) is 167 Å². The number of esters is 3. The molecule has 6 heteroatoms. The lowest BCUT2D eigenvalue weighted by Gasteiger charge is -2.18. The zero-order valence-corrected chi connectivity index (χ0v) is 54.4. The summed E-state index contributed by atoms with van der Waals surface area (Å²) < 4.78 is 16.9. The highest BCUT2D eigenvalue weighted by atomic mass is 16.6.